The van der Waals surface area contributed by atoms with E-state index in [4.69, 9.17) is 10.1 Å². The Balaban J connectivity index is 1.54. The zero-order valence-corrected chi connectivity index (χ0v) is 24.3. The van der Waals surface area contributed by atoms with Crippen molar-refractivity contribution in [1.29, 1.82) is 0 Å². The molecule has 4 rings (SSSR count). The highest BCUT2D eigenvalue weighted by molar-refractivity contribution is 7.14. The Kier molecular flexibility index (Phi) is 10.1. The zero-order chi connectivity index (χ0) is 28.5. The summed E-state index contributed by atoms with van der Waals surface area (Å²) in [6.45, 7) is 7.14. The molecule has 0 aliphatic carbocycles. The van der Waals surface area contributed by atoms with E-state index in [1.165, 1.54) is 36.0 Å². The second-order valence-electron chi connectivity index (χ2n) is 10.1. The summed E-state index contributed by atoms with van der Waals surface area (Å²) < 4.78 is 0. The van der Waals surface area contributed by atoms with Gasteiger partial charge in [0.05, 0.1) is 18.7 Å². The van der Waals surface area contributed by atoms with E-state index in [2.05, 4.69) is 78.8 Å². The number of unbranched alkanes of at least 4 members (excludes halogenated alkanes) is 2. The van der Waals surface area contributed by atoms with Crippen LogP contribution >= 0.6 is 11.3 Å². The number of aromatic nitrogens is 1. The van der Waals surface area contributed by atoms with Gasteiger partial charge < -0.3 is 15.3 Å². The van der Waals surface area contributed by atoms with E-state index in [1.807, 2.05) is 12.1 Å². The molecule has 0 radical (unpaired) electrons. The number of thiazole rings is 1. The average molecular weight is 556 g/mol. The summed E-state index contributed by atoms with van der Waals surface area (Å²) in [5, 5.41) is 14.5. The number of carbonyl (C=O) groups is 2. The molecule has 0 saturated heterocycles. The third-order valence-electron chi connectivity index (χ3n) is 7.03. The highest BCUT2D eigenvalue weighted by Gasteiger charge is 2.17. The molecule has 0 fully saturated rings. The third kappa shape index (κ3) is 7.79. The Morgan fingerprint density at radius 3 is 2.33 bits per heavy atom. The van der Waals surface area contributed by atoms with Crippen LogP contribution in [0.15, 0.2) is 72.1 Å². The Labute approximate surface area is 240 Å². The fourth-order valence-corrected chi connectivity index (χ4v) is 5.29. The van der Waals surface area contributed by atoms with Crippen molar-refractivity contribution in [2.45, 2.75) is 59.4 Å². The summed E-state index contributed by atoms with van der Waals surface area (Å²) >= 11 is 1.62. The Morgan fingerprint density at radius 2 is 1.65 bits per heavy atom. The third-order valence-corrected chi connectivity index (χ3v) is 7.89. The van der Waals surface area contributed by atoms with E-state index in [0.717, 1.165) is 34.1 Å². The van der Waals surface area contributed by atoms with E-state index in [-0.39, 0.29) is 18.9 Å². The number of hydrogen-bond donors (Lipinski definition) is 2. The van der Waals surface area contributed by atoms with Crippen LogP contribution in [-0.2, 0) is 17.8 Å². The smallest absolute Gasteiger partial charge is 0.305 e. The molecule has 40 heavy (non-hydrogen) atoms. The van der Waals surface area contributed by atoms with Crippen LogP contribution < -0.4 is 10.2 Å². The molecule has 0 saturated carbocycles. The molecule has 7 heteroatoms. The largest absolute Gasteiger partial charge is 0.481 e. The van der Waals surface area contributed by atoms with Gasteiger partial charge in [-0.1, -0.05) is 62.2 Å². The monoisotopic (exact) mass is 555 g/mol. The number of carboxylic acids is 1. The molecule has 0 spiro atoms. The van der Waals surface area contributed by atoms with Gasteiger partial charge in [-0.15, -0.1) is 11.3 Å². The first-order valence-corrected chi connectivity index (χ1v) is 14.7. The van der Waals surface area contributed by atoms with Crippen molar-refractivity contribution in [3.05, 3.63) is 99.9 Å². The van der Waals surface area contributed by atoms with Crippen LogP contribution in [0.5, 0.6) is 0 Å². The molecule has 0 atom stereocenters. The average Bonchev–Trinajstić information content (AvgIpc) is 3.44. The summed E-state index contributed by atoms with van der Waals surface area (Å²) in [5.74, 6) is -1.22. The summed E-state index contributed by atoms with van der Waals surface area (Å²) in [5.41, 5.74) is 8.48. The van der Waals surface area contributed by atoms with E-state index in [1.54, 1.807) is 23.5 Å². The maximum absolute atomic E-state index is 12.4. The van der Waals surface area contributed by atoms with Crippen molar-refractivity contribution in [2.24, 2.45) is 0 Å². The molecule has 1 aromatic heterocycles. The van der Waals surface area contributed by atoms with E-state index in [0.29, 0.717) is 12.1 Å². The van der Waals surface area contributed by atoms with E-state index < -0.39 is 5.97 Å². The topological polar surface area (TPSA) is 82.5 Å². The molecule has 4 aromatic rings. The van der Waals surface area contributed by atoms with Crippen molar-refractivity contribution in [2.75, 3.05) is 11.4 Å². The van der Waals surface area contributed by atoms with Gasteiger partial charge in [-0.2, -0.15) is 0 Å². The summed E-state index contributed by atoms with van der Waals surface area (Å²) in [7, 11) is 0. The molecule has 3 aromatic carbocycles. The van der Waals surface area contributed by atoms with Gasteiger partial charge in [0.1, 0.15) is 0 Å². The minimum absolute atomic E-state index is 0.102. The van der Waals surface area contributed by atoms with Crippen LogP contribution in [-0.4, -0.2) is 28.5 Å². The molecular formula is C33H37N3O3S. The summed E-state index contributed by atoms with van der Waals surface area (Å²) in [6.07, 6.45) is 4.71. The first kappa shape index (κ1) is 29.0. The van der Waals surface area contributed by atoms with Gasteiger partial charge in [-0.3, -0.25) is 9.59 Å². The molecule has 0 unspecified atom stereocenters. The Morgan fingerprint density at radius 1 is 0.925 bits per heavy atom. The molecule has 0 aliphatic rings. The minimum atomic E-state index is -0.938. The van der Waals surface area contributed by atoms with Crippen molar-refractivity contribution in [3.8, 4) is 11.3 Å². The lowest BCUT2D eigenvalue weighted by Crippen LogP contribution is -2.26. The molecule has 0 aliphatic heterocycles. The number of carbonyl (C=O) groups excluding carboxylic acids is 1. The van der Waals surface area contributed by atoms with Crippen molar-refractivity contribution in [1.82, 2.24) is 10.3 Å². The second-order valence-corrected chi connectivity index (χ2v) is 11.0. The van der Waals surface area contributed by atoms with Crippen molar-refractivity contribution < 1.29 is 14.7 Å². The van der Waals surface area contributed by atoms with Crippen LogP contribution in [0.2, 0.25) is 0 Å². The lowest BCUT2D eigenvalue weighted by molar-refractivity contribution is -0.136. The molecular weight excluding hydrogens is 518 g/mol. The minimum Gasteiger partial charge on any atom is -0.481 e. The first-order chi connectivity index (χ1) is 19.3. The number of aryl methyl sites for hydroxylation is 3. The van der Waals surface area contributed by atoms with Crippen LogP contribution in [0.1, 0.15) is 65.2 Å². The first-order valence-electron chi connectivity index (χ1n) is 13.8. The maximum Gasteiger partial charge on any atom is 0.305 e. The standard InChI is InChI=1S/C33H37N3O3S/c1-4-5-6-7-25-9-13-27(14-10-25)30-22-40-33(35-30)36(29-17-8-23(2)24(3)20-29)21-26-11-15-28(16-12-26)32(39)34-19-18-31(37)38/h8-17,20,22H,4-7,18-19,21H2,1-3H3,(H,34,39)(H,37,38). The number of rotatable bonds is 13. The Hall–Kier alpha value is -3.97. The lowest BCUT2D eigenvalue weighted by atomic mass is 10.0. The number of amides is 1. The number of nitrogens with one attached hydrogen (secondary N) is 1. The fourth-order valence-electron chi connectivity index (χ4n) is 4.43. The highest BCUT2D eigenvalue weighted by Crippen LogP contribution is 2.34. The SMILES string of the molecule is CCCCCc1ccc(-c2csc(N(Cc3ccc(C(=O)NCCC(=O)O)cc3)c3ccc(C)c(C)c3)n2)cc1. The summed E-state index contributed by atoms with van der Waals surface area (Å²) in [4.78, 5) is 30.3. The highest BCUT2D eigenvalue weighted by atomic mass is 32.1. The predicted octanol–water partition coefficient (Wildman–Crippen LogP) is 7.70. The number of anilines is 2. The lowest BCUT2D eigenvalue weighted by Gasteiger charge is -2.23. The fraction of sp³-hybridized carbons (Fsp3) is 0.303. The van der Waals surface area contributed by atoms with Gasteiger partial charge in [0.25, 0.3) is 5.91 Å². The van der Waals surface area contributed by atoms with Crippen molar-refractivity contribution >= 4 is 34.0 Å². The normalized spacial score (nSPS) is 10.9. The van der Waals surface area contributed by atoms with Crippen LogP contribution in [0.25, 0.3) is 11.3 Å². The Bertz CT molecular complexity index is 1430. The summed E-state index contributed by atoms with van der Waals surface area (Å²) in [6, 6.07) is 22.6. The van der Waals surface area contributed by atoms with Gasteiger partial charge in [0, 0.05) is 28.7 Å². The molecule has 0 bridgehead atoms. The molecule has 6 nitrogen and oxygen atoms in total. The molecule has 1 amide bonds. The van der Waals surface area contributed by atoms with Crippen molar-refractivity contribution in [3.63, 3.8) is 0 Å². The van der Waals surface area contributed by atoms with E-state index in [9.17, 15) is 9.59 Å². The zero-order valence-electron chi connectivity index (χ0n) is 23.4. The van der Waals surface area contributed by atoms with Crippen LogP contribution in [0, 0.1) is 13.8 Å². The maximum atomic E-state index is 12.4. The predicted molar refractivity (Wildman–Crippen MR) is 164 cm³/mol. The number of carboxylic acid groups (broad SMARTS) is 1. The number of aliphatic carboxylic acids is 1. The van der Waals surface area contributed by atoms with Gasteiger partial charge >= 0.3 is 5.97 Å². The van der Waals surface area contributed by atoms with Gasteiger partial charge in [-0.25, -0.2) is 4.98 Å². The van der Waals surface area contributed by atoms with Gasteiger partial charge in [-0.05, 0) is 73.2 Å². The van der Waals surface area contributed by atoms with Gasteiger partial charge in [0.2, 0.25) is 0 Å². The van der Waals surface area contributed by atoms with Gasteiger partial charge in [0.15, 0.2) is 5.13 Å². The van der Waals surface area contributed by atoms with E-state index >= 15 is 0 Å². The molecule has 1 heterocycles. The number of benzene rings is 3. The number of nitrogens with zero attached hydrogens (tertiary/aromatic N) is 2. The van der Waals surface area contributed by atoms with Crippen LogP contribution in [0.3, 0.4) is 0 Å². The van der Waals surface area contributed by atoms with Crippen LogP contribution in [0.4, 0.5) is 10.8 Å². The second kappa shape index (κ2) is 13.9. The number of hydrogen-bond acceptors (Lipinski definition) is 5. The molecule has 2 N–H and O–H groups in total. The molecule has 208 valence electrons. The quantitative estimate of drug-likeness (QED) is 0.165.